The lowest BCUT2D eigenvalue weighted by Crippen LogP contribution is -2.24. The van der Waals surface area contributed by atoms with Crippen LogP contribution in [0.5, 0.6) is 0 Å². The van der Waals surface area contributed by atoms with E-state index in [-0.39, 0.29) is 18.4 Å². The zero-order chi connectivity index (χ0) is 17.2. The number of rotatable bonds is 8. The highest BCUT2D eigenvalue weighted by Gasteiger charge is 2.05. The summed E-state index contributed by atoms with van der Waals surface area (Å²) in [5.74, 6) is 0.129. The molecule has 0 aromatic heterocycles. The number of carbonyl (C=O) groups excluding carboxylic acids is 2. The second-order valence-electron chi connectivity index (χ2n) is 5.06. The number of thioether (sulfide) groups is 1. The zero-order valence-corrected chi connectivity index (χ0v) is 14.3. The Kier molecular flexibility index (Phi) is 7.32. The molecule has 0 bridgehead atoms. The molecule has 2 N–H and O–H groups in total. The minimum Gasteiger partial charge on any atom is -0.375 e. The fourth-order valence-electron chi connectivity index (χ4n) is 2.00. The van der Waals surface area contributed by atoms with Crippen LogP contribution in [0.15, 0.2) is 59.5 Å². The minimum atomic E-state index is -0.210. The SMILES string of the molecule is COCC(=O)Nc1cccc(CNC(=O)CSc2ccccc2)c1. The first-order valence-electron chi connectivity index (χ1n) is 7.49. The predicted molar refractivity (Wildman–Crippen MR) is 96.0 cm³/mol. The molecule has 126 valence electrons. The van der Waals surface area contributed by atoms with Crippen molar-refractivity contribution in [3.8, 4) is 0 Å². The van der Waals surface area contributed by atoms with Crippen LogP contribution in [-0.4, -0.2) is 31.3 Å². The summed E-state index contributed by atoms with van der Waals surface area (Å²) >= 11 is 1.50. The van der Waals surface area contributed by atoms with Crippen molar-refractivity contribution >= 4 is 29.3 Å². The largest absolute Gasteiger partial charge is 0.375 e. The first-order chi connectivity index (χ1) is 11.7. The molecule has 0 aliphatic carbocycles. The van der Waals surface area contributed by atoms with Gasteiger partial charge in [-0.15, -0.1) is 11.8 Å². The second kappa shape index (κ2) is 9.75. The van der Waals surface area contributed by atoms with Gasteiger partial charge in [0.2, 0.25) is 11.8 Å². The van der Waals surface area contributed by atoms with Crippen molar-refractivity contribution in [3.63, 3.8) is 0 Å². The number of methoxy groups -OCH3 is 1. The van der Waals surface area contributed by atoms with Crippen molar-refractivity contribution in [2.45, 2.75) is 11.4 Å². The average molecular weight is 344 g/mol. The van der Waals surface area contributed by atoms with E-state index in [2.05, 4.69) is 10.6 Å². The van der Waals surface area contributed by atoms with Gasteiger partial charge in [-0.05, 0) is 29.8 Å². The summed E-state index contributed by atoms with van der Waals surface area (Å²) in [5, 5.41) is 5.61. The molecule has 2 amide bonds. The maximum atomic E-state index is 11.9. The molecule has 24 heavy (non-hydrogen) atoms. The molecule has 0 heterocycles. The standard InChI is InChI=1S/C18H20N2O3S/c1-23-12-17(21)20-15-7-5-6-14(10-15)11-19-18(22)13-24-16-8-3-2-4-9-16/h2-10H,11-13H2,1H3,(H,19,22)(H,20,21). The Morgan fingerprint density at radius 3 is 2.58 bits per heavy atom. The third-order valence-electron chi connectivity index (χ3n) is 3.09. The molecule has 6 heteroatoms. The molecular formula is C18H20N2O3S. The molecule has 0 radical (unpaired) electrons. The lowest BCUT2D eigenvalue weighted by molar-refractivity contribution is -0.120. The van der Waals surface area contributed by atoms with Crippen LogP contribution in [0, 0.1) is 0 Å². The van der Waals surface area contributed by atoms with E-state index in [0.29, 0.717) is 18.0 Å². The van der Waals surface area contributed by atoms with E-state index in [4.69, 9.17) is 4.74 Å². The first kappa shape index (κ1) is 18.0. The van der Waals surface area contributed by atoms with Crippen LogP contribution in [0.3, 0.4) is 0 Å². The molecule has 0 aliphatic heterocycles. The summed E-state index contributed by atoms with van der Waals surface area (Å²) in [7, 11) is 1.47. The number of anilines is 1. The normalized spacial score (nSPS) is 10.2. The van der Waals surface area contributed by atoms with E-state index in [1.54, 1.807) is 6.07 Å². The molecule has 2 aromatic rings. The van der Waals surface area contributed by atoms with Crippen molar-refractivity contribution in [1.29, 1.82) is 0 Å². The maximum Gasteiger partial charge on any atom is 0.250 e. The van der Waals surface area contributed by atoms with Gasteiger partial charge in [-0.1, -0.05) is 30.3 Å². The van der Waals surface area contributed by atoms with E-state index >= 15 is 0 Å². The maximum absolute atomic E-state index is 11.9. The average Bonchev–Trinajstić information content (AvgIpc) is 2.59. The van der Waals surface area contributed by atoms with Crippen LogP contribution in [0.4, 0.5) is 5.69 Å². The first-order valence-corrected chi connectivity index (χ1v) is 8.48. The third kappa shape index (κ3) is 6.44. The van der Waals surface area contributed by atoms with Gasteiger partial charge in [-0.3, -0.25) is 9.59 Å². The van der Waals surface area contributed by atoms with Gasteiger partial charge in [0.15, 0.2) is 0 Å². The van der Waals surface area contributed by atoms with E-state index in [1.807, 2.05) is 48.5 Å². The predicted octanol–water partition coefficient (Wildman–Crippen LogP) is 2.68. The summed E-state index contributed by atoms with van der Waals surface area (Å²) in [6, 6.07) is 17.2. The van der Waals surface area contributed by atoms with Crippen LogP contribution in [-0.2, 0) is 20.9 Å². The molecule has 0 saturated carbocycles. The molecule has 2 rings (SSSR count). The van der Waals surface area contributed by atoms with Gasteiger partial charge < -0.3 is 15.4 Å². The summed E-state index contributed by atoms with van der Waals surface area (Å²) < 4.78 is 4.78. The summed E-state index contributed by atoms with van der Waals surface area (Å²) in [6.45, 7) is 0.430. The van der Waals surface area contributed by atoms with Crippen LogP contribution >= 0.6 is 11.8 Å². The number of carbonyl (C=O) groups is 2. The Hall–Kier alpha value is -2.31. The number of hydrogen-bond donors (Lipinski definition) is 2. The minimum absolute atomic E-state index is 0.0116. The van der Waals surface area contributed by atoms with Gasteiger partial charge in [0, 0.05) is 24.2 Å². The molecule has 5 nitrogen and oxygen atoms in total. The number of nitrogens with one attached hydrogen (secondary N) is 2. The Labute approximate surface area is 145 Å². The monoisotopic (exact) mass is 344 g/mol. The number of benzene rings is 2. The summed E-state index contributed by atoms with van der Waals surface area (Å²) in [4.78, 5) is 24.5. The topological polar surface area (TPSA) is 67.4 Å². The molecule has 0 atom stereocenters. The number of amides is 2. The van der Waals surface area contributed by atoms with Crippen molar-refractivity contribution in [3.05, 3.63) is 60.2 Å². The van der Waals surface area contributed by atoms with Gasteiger partial charge in [0.25, 0.3) is 0 Å². The Balaban J connectivity index is 1.79. The highest BCUT2D eigenvalue weighted by molar-refractivity contribution is 8.00. The fraction of sp³-hybridized carbons (Fsp3) is 0.222. The molecule has 0 fully saturated rings. The quantitative estimate of drug-likeness (QED) is 0.723. The molecule has 0 spiro atoms. The fourth-order valence-corrected chi connectivity index (χ4v) is 2.75. The smallest absolute Gasteiger partial charge is 0.250 e. The van der Waals surface area contributed by atoms with Gasteiger partial charge >= 0.3 is 0 Å². The van der Waals surface area contributed by atoms with Crippen molar-refractivity contribution < 1.29 is 14.3 Å². The Morgan fingerprint density at radius 2 is 1.83 bits per heavy atom. The highest BCUT2D eigenvalue weighted by atomic mass is 32.2. The second-order valence-corrected chi connectivity index (χ2v) is 6.11. The molecule has 0 saturated heterocycles. The zero-order valence-electron chi connectivity index (χ0n) is 13.5. The van der Waals surface area contributed by atoms with Gasteiger partial charge in [0.1, 0.15) is 6.61 Å². The highest BCUT2D eigenvalue weighted by Crippen LogP contribution is 2.16. The summed E-state index contributed by atoms with van der Waals surface area (Å²) in [5.41, 5.74) is 1.60. The molecule has 2 aromatic carbocycles. The number of ether oxygens (including phenoxy) is 1. The third-order valence-corrected chi connectivity index (χ3v) is 4.10. The van der Waals surface area contributed by atoms with E-state index in [9.17, 15) is 9.59 Å². The van der Waals surface area contributed by atoms with E-state index in [1.165, 1.54) is 18.9 Å². The van der Waals surface area contributed by atoms with Crippen LogP contribution < -0.4 is 10.6 Å². The van der Waals surface area contributed by atoms with Crippen molar-refractivity contribution in [1.82, 2.24) is 5.32 Å². The Morgan fingerprint density at radius 1 is 1.04 bits per heavy atom. The van der Waals surface area contributed by atoms with Crippen LogP contribution in [0.1, 0.15) is 5.56 Å². The van der Waals surface area contributed by atoms with Crippen molar-refractivity contribution in [2.75, 3.05) is 24.8 Å². The van der Waals surface area contributed by atoms with E-state index < -0.39 is 0 Å². The van der Waals surface area contributed by atoms with Crippen LogP contribution in [0.2, 0.25) is 0 Å². The molecular weight excluding hydrogens is 324 g/mol. The van der Waals surface area contributed by atoms with Gasteiger partial charge in [-0.2, -0.15) is 0 Å². The molecule has 0 aliphatic rings. The lowest BCUT2D eigenvalue weighted by atomic mass is 10.2. The Bertz CT molecular complexity index is 677. The summed E-state index contributed by atoms with van der Waals surface area (Å²) in [6.07, 6.45) is 0. The number of hydrogen-bond acceptors (Lipinski definition) is 4. The van der Waals surface area contributed by atoms with Gasteiger partial charge in [-0.25, -0.2) is 0 Å². The van der Waals surface area contributed by atoms with Gasteiger partial charge in [0.05, 0.1) is 5.75 Å². The van der Waals surface area contributed by atoms with Crippen molar-refractivity contribution in [2.24, 2.45) is 0 Å². The van der Waals surface area contributed by atoms with Crippen LogP contribution in [0.25, 0.3) is 0 Å². The lowest BCUT2D eigenvalue weighted by Gasteiger charge is -2.08. The molecule has 0 unspecified atom stereocenters. The van der Waals surface area contributed by atoms with E-state index in [0.717, 1.165) is 10.5 Å².